The van der Waals surface area contributed by atoms with Gasteiger partial charge in [0, 0.05) is 24.8 Å². The maximum absolute atomic E-state index is 12.4. The van der Waals surface area contributed by atoms with E-state index in [0.29, 0.717) is 11.0 Å². The molecular weight excluding hydrogens is 382 g/mol. The van der Waals surface area contributed by atoms with E-state index in [1.54, 1.807) is 6.07 Å². The SMILES string of the molecule is CCCCCCN(CCCCCC)c1ccc2c(c1)oc(=O)c1c(O)cc(=O)oc12. The number of aromatic hydroxyl groups is 1. The molecule has 1 N–H and O–H groups in total. The zero-order valence-electron chi connectivity index (χ0n) is 17.9. The van der Waals surface area contributed by atoms with E-state index >= 15 is 0 Å². The summed E-state index contributed by atoms with van der Waals surface area (Å²) in [6.45, 7) is 6.30. The Bertz CT molecular complexity index is 1090. The van der Waals surface area contributed by atoms with Crippen LogP contribution in [0.5, 0.6) is 5.75 Å². The predicted molar refractivity (Wildman–Crippen MR) is 121 cm³/mol. The standard InChI is InChI=1S/C24H31NO5/c1-3-5-7-9-13-25(14-10-8-6-4-2)17-11-12-18-20(15-17)29-24(28)22-19(26)16-21(27)30-23(18)22/h11-12,15-16,26H,3-10,13-14H2,1-2H3. The summed E-state index contributed by atoms with van der Waals surface area (Å²) in [5, 5.41) is 10.4. The number of anilines is 1. The number of rotatable bonds is 11. The summed E-state index contributed by atoms with van der Waals surface area (Å²) in [7, 11) is 0. The molecule has 0 amide bonds. The van der Waals surface area contributed by atoms with Crippen molar-refractivity contribution in [1.82, 2.24) is 0 Å². The molecule has 0 bridgehead atoms. The Labute approximate surface area is 176 Å². The van der Waals surface area contributed by atoms with Gasteiger partial charge in [0.25, 0.3) is 0 Å². The number of unbranched alkanes of at least 4 members (excludes halogenated alkanes) is 6. The van der Waals surface area contributed by atoms with Gasteiger partial charge in [-0.3, -0.25) is 0 Å². The molecule has 0 unspecified atom stereocenters. The normalized spacial score (nSPS) is 11.4. The second-order valence-electron chi connectivity index (χ2n) is 7.83. The van der Waals surface area contributed by atoms with Gasteiger partial charge in [-0.15, -0.1) is 0 Å². The molecule has 3 rings (SSSR count). The lowest BCUT2D eigenvalue weighted by Crippen LogP contribution is -2.25. The quantitative estimate of drug-likeness (QED) is 0.251. The summed E-state index contributed by atoms with van der Waals surface area (Å²) in [4.78, 5) is 26.4. The van der Waals surface area contributed by atoms with Crippen molar-refractivity contribution >= 4 is 27.6 Å². The highest BCUT2D eigenvalue weighted by molar-refractivity contribution is 6.03. The molecule has 162 valence electrons. The highest BCUT2D eigenvalue weighted by atomic mass is 16.4. The molecule has 1 aromatic carbocycles. The second kappa shape index (κ2) is 10.3. The molecule has 0 aliphatic carbocycles. The van der Waals surface area contributed by atoms with Crippen LogP contribution in [0.15, 0.2) is 42.7 Å². The monoisotopic (exact) mass is 413 g/mol. The molecule has 0 spiro atoms. The molecule has 2 aromatic heterocycles. The maximum Gasteiger partial charge on any atom is 0.351 e. The lowest BCUT2D eigenvalue weighted by molar-refractivity contribution is 0.463. The van der Waals surface area contributed by atoms with E-state index in [1.807, 2.05) is 12.1 Å². The lowest BCUT2D eigenvalue weighted by Gasteiger charge is -2.25. The van der Waals surface area contributed by atoms with Gasteiger partial charge in [-0.05, 0) is 25.0 Å². The highest BCUT2D eigenvalue weighted by Gasteiger charge is 2.16. The van der Waals surface area contributed by atoms with Crippen LogP contribution in [0, 0.1) is 0 Å². The largest absolute Gasteiger partial charge is 0.507 e. The van der Waals surface area contributed by atoms with Gasteiger partial charge in [-0.1, -0.05) is 52.4 Å². The first-order valence-electron chi connectivity index (χ1n) is 11.0. The van der Waals surface area contributed by atoms with Crippen LogP contribution >= 0.6 is 0 Å². The van der Waals surface area contributed by atoms with Crippen LogP contribution < -0.4 is 16.2 Å². The maximum atomic E-state index is 12.4. The van der Waals surface area contributed by atoms with E-state index in [9.17, 15) is 14.7 Å². The molecule has 6 nitrogen and oxygen atoms in total. The second-order valence-corrected chi connectivity index (χ2v) is 7.83. The first-order chi connectivity index (χ1) is 14.5. The van der Waals surface area contributed by atoms with E-state index < -0.39 is 17.0 Å². The molecule has 0 radical (unpaired) electrons. The summed E-state index contributed by atoms with van der Waals surface area (Å²) in [5.74, 6) is -0.422. The summed E-state index contributed by atoms with van der Waals surface area (Å²) in [5.41, 5.74) is -0.0144. The van der Waals surface area contributed by atoms with Crippen molar-refractivity contribution in [3.63, 3.8) is 0 Å². The van der Waals surface area contributed by atoms with E-state index in [-0.39, 0.29) is 11.0 Å². The zero-order chi connectivity index (χ0) is 21.5. The van der Waals surface area contributed by atoms with Gasteiger partial charge >= 0.3 is 11.3 Å². The Morgan fingerprint density at radius 2 is 1.53 bits per heavy atom. The molecule has 0 fully saturated rings. The van der Waals surface area contributed by atoms with E-state index in [4.69, 9.17) is 8.83 Å². The van der Waals surface area contributed by atoms with E-state index in [2.05, 4.69) is 18.7 Å². The number of nitrogens with zero attached hydrogens (tertiary/aromatic N) is 1. The van der Waals surface area contributed by atoms with Crippen LogP contribution in [-0.4, -0.2) is 18.2 Å². The molecule has 3 aromatic rings. The van der Waals surface area contributed by atoms with Gasteiger partial charge in [0.05, 0.1) is 11.5 Å². The highest BCUT2D eigenvalue weighted by Crippen LogP contribution is 2.30. The molecule has 2 heterocycles. The third kappa shape index (κ3) is 5.04. The van der Waals surface area contributed by atoms with Crippen molar-refractivity contribution in [2.75, 3.05) is 18.0 Å². The van der Waals surface area contributed by atoms with Crippen LogP contribution in [0.2, 0.25) is 0 Å². The van der Waals surface area contributed by atoms with Crippen LogP contribution in [0.1, 0.15) is 65.2 Å². The molecule has 6 heteroatoms. The van der Waals surface area contributed by atoms with Crippen molar-refractivity contribution < 1.29 is 13.9 Å². The van der Waals surface area contributed by atoms with Crippen molar-refractivity contribution in [3.05, 3.63) is 45.1 Å². The first-order valence-corrected chi connectivity index (χ1v) is 11.0. The van der Waals surface area contributed by atoms with Crippen LogP contribution in [0.3, 0.4) is 0 Å². The van der Waals surface area contributed by atoms with Gasteiger partial charge in [0.2, 0.25) is 0 Å². The van der Waals surface area contributed by atoms with E-state index in [0.717, 1.165) is 37.7 Å². The number of hydrogen-bond donors (Lipinski definition) is 1. The molecule has 0 aliphatic rings. The minimum Gasteiger partial charge on any atom is -0.507 e. The van der Waals surface area contributed by atoms with Gasteiger partial charge in [-0.2, -0.15) is 0 Å². The van der Waals surface area contributed by atoms with E-state index in [1.165, 1.54) is 38.5 Å². The molecule has 30 heavy (non-hydrogen) atoms. The number of benzene rings is 1. The summed E-state index contributed by atoms with van der Waals surface area (Å²) < 4.78 is 10.7. The van der Waals surface area contributed by atoms with Gasteiger partial charge in [-0.25, -0.2) is 9.59 Å². The van der Waals surface area contributed by atoms with Crippen LogP contribution in [-0.2, 0) is 0 Å². The van der Waals surface area contributed by atoms with Crippen molar-refractivity contribution in [3.8, 4) is 5.75 Å². The van der Waals surface area contributed by atoms with Crippen LogP contribution in [0.25, 0.3) is 21.9 Å². The molecular formula is C24H31NO5. The summed E-state index contributed by atoms with van der Waals surface area (Å²) >= 11 is 0. The Hall–Kier alpha value is -2.76. The minimum atomic E-state index is -0.714. The van der Waals surface area contributed by atoms with Crippen molar-refractivity contribution in [2.45, 2.75) is 65.2 Å². The van der Waals surface area contributed by atoms with Crippen molar-refractivity contribution in [1.29, 1.82) is 0 Å². The predicted octanol–water partition coefficient (Wildman–Crippen LogP) is 5.57. The minimum absolute atomic E-state index is 0.0650. The third-order valence-corrected chi connectivity index (χ3v) is 5.49. The Morgan fingerprint density at radius 1 is 0.867 bits per heavy atom. The van der Waals surface area contributed by atoms with Gasteiger partial charge < -0.3 is 18.8 Å². The third-order valence-electron chi connectivity index (χ3n) is 5.49. The Balaban J connectivity index is 1.95. The molecule has 0 aliphatic heterocycles. The fraction of sp³-hybridized carbons (Fsp3) is 0.500. The van der Waals surface area contributed by atoms with Gasteiger partial charge in [0.1, 0.15) is 16.7 Å². The average Bonchev–Trinajstić information content (AvgIpc) is 2.71. The Morgan fingerprint density at radius 3 is 2.17 bits per heavy atom. The van der Waals surface area contributed by atoms with Gasteiger partial charge in [0.15, 0.2) is 5.58 Å². The van der Waals surface area contributed by atoms with Crippen molar-refractivity contribution in [2.24, 2.45) is 0 Å². The first kappa shape index (κ1) is 21.9. The average molecular weight is 414 g/mol. The smallest absolute Gasteiger partial charge is 0.351 e. The summed E-state index contributed by atoms with van der Waals surface area (Å²) in [6.07, 6.45) is 9.47. The number of hydrogen-bond acceptors (Lipinski definition) is 6. The zero-order valence-corrected chi connectivity index (χ0v) is 17.9. The lowest BCUT2D eigenvalue weighted by atomic mass is 10.1. The topological polar surface area (TPSA) is 83.9 Å². The Kier molecular flexibility index (Phi) is 7.55. The molecule has 0 saturated carbocycles. The number of fused-ring (bicyclic) bond motifs is 3. The summed E-state index contributed by atoms with van der Waals surface area (Å²) in [6, 6.07) is 6.47. The molecule has 0 atom stereocenters. The van der Waals surface area contributed by atoms with Crippen LogP contribution in [0.4, 0.5) is 5.69 Å². The fourth-order valence-corrected chi connectivity index (χ4v) is 3.83. The molecule has 0 saturated heterocycles. The fourth-order valence-electron chi connectivity index (χ4n) is 3.83.